The summed E-state index contributed by atoms with van der Waals surface area (Å²) in [5.41, 5.74) is 0.195. The predicted molar refractivity (Wildman–Crippen MR) is 88.1 cm³/mol. The van der Waals surface area contributed by atoms with Gasteiger partial charge >= 0.3 is 0 Å². The van der Waals surface area contributed by atoms with Crippen LogP contribution >= 0.6 is 0 Å². The van der Waals surface area contributed by atoms with E-state index in [2.05, 4.69) is 19.7 Å². The topological polar surface area (TPSA) is 52.8 Å². The summed E-state index contributed by atoms with van der Waals surface area (Å²) in [6, 6.07) is 0.237. The highest BCUT2D eigenvalue weighted by molar-refractivity contribution is 5.71. The zero-order chi connectivity index (χ0) is 15.8. The summed E-state index contributed by atoms with van der Waals surface area (Å²) < 4.78 is 0. The van der Waals surface area contributed by atoms with Crippen molar-refractivity contribution in [2.24, 2.45) is 39.0 Å². The molecule has 7 rings (SSSR count). The van der Waals surface area contributed by atoms with E-state index in [0.717, 1.165) is 44.1 Å². The third kappa shape index (κ3) is 1.02. The van der Waals surface area contributed by atoms with Gasteiger partial charge in [-0.25, -0.2) is 0 Å². The number of aliphatic hydroxyl groups is 2. The summed E-state index contributed by atoms with van der Waals surface area (Å²) in [6.45, 7) is 6.50. The van der Waals surface area contributed by atoms with Gasteiger partial charge in [0.1, 0.15) is 0 Å². The molecule has 0 radical (unpaired) electrons. The van der Waals surface area contributed by atoms with Crippen LogP contribution in [0.2, 0.25) is 0 Å². The van der Waals surface area contributed by atoms with Crippen molar-refractivity contribution in [3.05, 3.63) is 12.2 Å². The molecular weight excluding hydrogens is 286 g/mol. The monoisotopic (exact) mass is 313 g/mol. The number of rotatable bonds is 0. The quantitative estimate of drug-likeness (QED) is 0.676. The van der Waals surface area contributed by atoms with E-state index in [0.29, 0.717) is 17.8 Å². The number of hydrogen-bond acceptors (Lipinski definition) is 3. The largest absolute Gasteiger partial charge is 0.388 e. The number of aliphatic hydroxyl groups excluding tert-OH is 1. The molecule has 23 heavy (non-hydrogen) atoms. The maximum absolute atomic E-state index is 12.0. The van der Waals surface area contributed by atoms with Gasteiger partial charge in [-0.15, -0.1) is 0 Å². The zero-order valence-electron chi connectivity index (χ0n) is 14.0. The molecule has 6 bridgehead atoms. The Morgan fingerprint density at radius 2 is 2.04 bits per heavy atom. The molecule has 6 fully saturated rings. The van der Waals surface area contributed by atoms with Gasteiger partial charge in [-0.05, 0) is 61.9 Å². The van der Waals surface area contributed by atoms with Gasteiger partial charge in [0.15, 0.2) is 0 Å². The van der Waals surface area contributed by atoms with Gasteiger partial charge in [0.2, 0.25) is 0 Å². The molecule has 124 valence electrons. The molecule has 7 aliphatic rings. The highest BCUT2D eigenvalue weighted by Crippen LogP contribution is 2.82. The van der Waals surface area contributed by atoms with E-state index in [1.165, 1.54) is 6.42 Å². The number of nitrogens with zero attached hydrogens (tertiary/aromatic N) is 1. The third-order valence-electron chi connectivity index (χ3n) is 9.75. The zero-order valence-corrected chi connectivity index (χ0v) is 14.0. The van der Waals surface area contributed by atoms with Crippen LogP contribution in [0.5, 0.6) is 0 Å². The van der Waals surface area contributed by atoms with Gasteiger partial charge in [0, 0.05) is 22.5 Å². The maximum atomic E-state index is 12.0. The second kappa shape index (κ2) is 3.48. The van der Waals surface area contributed by atoms with E-state index in [-0.39, 0.29) is 28.4 Å². The van der Waals surface area contributed by atoms with E-state index in [1.54, 1.807) is 0 Å². The summed E-state index contributed by atoms with van der Waals surface area (Å²) in [5, 5.41) is 23.2. The van der Waals surface area contributed by atoms with E-state index >= 15 is 0 Å². The van der Waals surface area contributed by atoms with E-state index in [4.69, 9.17) is 4.99 Å². The molecule has 3 nitrogen and oxygen atoms in total. The second-order valence-corrected chi connectivity index (χ2v) is 9.81. The van der Waals surface area contributed by atoms with Crippen LogP contribution in [0.25, 0.3) is 0 Å². The Kier molecular flexibility index (Phi) is 2.06. The lowest BCUT2D eigenvalue weighted by Crippen LogP contribution is -2.72. The lowest BCUT2D eigenvalue weighted by atomic mass is 9.38. The minimum Gasteiger partial charge on any atom is -0.388 e. The van der Waals surface area contributed by atoms with Crippen LogP contribution in [0.15, 0.2) is 17.1 Å². The third-order valence-corrected chi connectivity index (χ3v) is 9.75. The van der Waals surface area contributed by atoms with Crippen molar-refractivity contribution in [2.45, 2.75) is 69.6 Å². The molecule has 0 saturated heterocycles. The lowest BCUT2D eigenvalue weighted by molar-refractivity contribution is -0.249. The van der Waals surface area contributed by atoms with Gasteiger partial charge in [0.25, 0.3) is 0 Å². The Morgan fingerprint density at radius 3 is 2.87 bits per heavy atom. The summed E-state index contributed by atoms with van der Waals surface area (Å²) in [7, 11) is 0. The van der Waals surface area contributed by atoms with E-state index in [1.807, 2.05) is 0 Å². The summed E-state index contributed by atoms with van der Waals surface area (Å²) in [5.74, 6) is 1.35. The molecule has 6 aliphatic carbocycles. The Bertz CT molecular complexity index is 673. The minimum absolute atomic E-state index is 0.0390. The van der Waals surface area contributed by atoms with Gasteiger partial charge in [0.05, 0.1) is 17.7 Å². The van der Waals surface area contributed by atoms with Crippen molar-refractivity contribution >= 4 is 6.21 Å². The second-order valence-electron chi connectivity index (χ2n) is 9.81. The molecule has 0 aromatic carbocycles. The van der Waals surface area contributed by atoms with E-state index in [9.17, 15) is 10.2 Å². The van der Waals surface area contributed by atoms with Gasteiger partial charge in [-0.3, -0.25) is 4.99 Å². The molecule has 9 atom stereocenters. The maximum Gasteiger partial charge on any atom is 0.0829 e. The normalized spacial score (nSPS) is 67.6. The first-order chi connectivity index (χ1) is 10.9. The van der Waals surface area contributed by atoms with Crippen LogP contribution in [0.1, 0.15) is 51.9 Å². The standard InChI is InChI=1S/C20H27NO2/c1-11-12-8-13-15-19-5-3-4-17(2,10-21-15)20(19,23)7-6-18(13,16(11)22)14(19)9-12/h10,12-16,22-23H,1,3-9H2,2H3/t12-,13+,14+,15+,16+,17-,18+,19-,20+/m0/s1. The number of fused-ring (bicyclic) bond motifs is 1. The average molecular weight is 313 g/mol. The fourth-order valence-corrected chi connectivity index (χ4v) is 8.94. The smallest absolute Gasteiger partial charge is 0.0829 e. The van der Waals surface area contributed by atoms with Crippen LogP contribution < -0.4 is 0 Å². The van der Waals surface area contributed by atoms with Crippen molar-refractivity contribution in [2.75, 3.05) is 0 Å². The van der Waals surface area contributed by atoms with Gasteiger partial charge in [-0.1, -0.05) is 19.9 Å². The van der Waals surface area contributed by atoms with Crippen molar-refractivity contribution in [3.8, 4) is 0 Å². The van der Waals surface area contributed by atoms with E-state index < -0.39 is 5.60 Å². The number of aliphatic imine (C=N–C) groups is 1. The van der Waals surface area contributed by atoms with Crippen LogP contribution in [0.3, 0.4) is 0 Å². The Balaban J connectivity index is 1.67. The molecule has 6 saturated carbocycles. The van der Waals surface area contributed by atoms with Crippen molar-refractivity contribution < 1.29 is 10.2 Å². The minimum atomic E-state index is -0.610. The highest BCUT2D eigenvalue weighted by Gasteiger charge is 2.84. The molecule has 0 unspecified atom stereocenters. The summed E-state index contributed by atoms with van der Waals surface area (Å²) >= 11 is 0. The SMILES string of the molecule is C=C1[C@H]2C[C@@H]3[C@H]4N=C[C@]5(C)CCC[C@]46[C@H](C2)[C@]3(CC[C@]65O)[C@@H]1O. The van der Waals surface area contributed by atoms with Crippen LogP contribution in [-0.4, -0.2) is 34.2 Å². The fourth-order valence-electron chi connectivity index (χ4n) is 8.94. The molecule has 2 N–H and O–H groups in total. The van der Waals surface area contributed by atoms with Crippen molar-refractivity contribution in [3.63, 3.8) is 0 Å². The van der Waals surface area contributed by atoms with Crippen LogP contribution in [-0.2, 0) is 0 Å². The fraction of sp³-hybridized carbons (Fsp3) is 0.850. The molecule has 1 aliphatic heterocycles. The molecule has 3 heteroatoms. The molecule has 0 aromatic heterocycles. The molecular formula is C20H27NO2. The first-order valence-electron chi connectivity index (χ1n) is 9.54. The Hall–Kier alpha value is -0.670. The number of hydrogen-bond donors (Lipinski definition) is 2. The highest BCUT2D eigenvalue weighted by atomic mass is 16.3. The van der Waals surface area contributed by atoms with Crippen molar-refractivity contribution in [1.29, 1.82) is 0 Å². The predicted octanol–water partition coefficient (Wildman–Crippen LogP) is 2.71. The first kappa shape index (κ1) is 13.6. The lowest BCUT2D eigenvalue weighted by Gasteiger charge is -2.68. The summed E-state index contributed by atoms with van der Waals surface area (Å²) in [6.07, 6.45) is 9.21. The molecule has 0 amide bonds. The molecule has 2 spiro atoms. The van der Waals surface area contributed by atoms with Crippen molar-refractivity contribution in [1.82, 2.24) is 0 Å². The Labute approximate surface area is 137 Å². The molecule has 0 aromatic rings. The molecule has 1 heterocycles. The van der Waals surface area contributed by atoms with Crippen LogP contribution in [0, 0.1) is 34.0 Å². The van der Waals surface area contributed by atoms with Gasteiger partial charge in [-0.2, -0.15) is 0 Å². The van der Waals surface area contributed by atoms with Crippen LogP contribution in [0.4, 0.5) is 0 Å². The first-order valence-corrected chi connectivity index (χ1v) is 9.54. The summed E-state index contributed by atoms with van der Waals surface area (Å²) in [4.78, 5) is 5.11. The average Bonchev–Trinajstić information content (AvgIpc) is 2.62. The van der Waals surface area contributed by atoms with Gasteiger partial charge < -0.3 is 10.2 Å². The Morgan fingerprint density at radius 1 is 1.22 bits per heavy atom.